The van der Waals surface area contributed by atoms with Gasteiger partial charge >= 0.3 is 0 Å². The predicted molar refractivity (Wildman–Crippen MR) is 85.1 cm³/mol. The van der Waals surface area contributed by atoms with E-state index in [2.05, 4.69) is 51.7 Å². The van der Waals surface area contributed by atoms with Gasteiger partial charge in [0.15, 0.2) is 0 Å². The lowest BCUT2D eigenvalue weighted by molar-refractivity contribution is 0.413. The summed E-state index contributed by atoms with van der Waals surface area (Å²) >= 11 is 5.40. The van der Waals surface area contributed by atoms with Crippen LogP contribution in [-0.2, 0) is 0 Å². The van der Waals surface area contributed by atoms with Crippen LogP contribution in [0.4, 0.5) is 0 Å². The lowest BCUT2D eigenvalue weighted by atomic mass is 10.0. The van der Waals surface area contributed by atoms with Crippen LogP contribution < -0.4 is 10.1 Å². The smallest absolute Gasteiger partial charge is 0.119 e. The third-order valence-corrected chi connectivity index (χ3v) is 4.87. The van der Waals surface area contributed by atoms with Gasteiger partial charge < -0.3 is 10.1 Å². The maximum absolute atomic E-state index is 5.32. The first-order valence-electron chi connectivity index (χ1n) is 6.36. The van der Waals surface area contributed by atoms with Crippen LogP contribution in [0.5, 0.6) is 5.75 Å². The molecule has 2 aromatic rings. The highest BCUT2D eigenvalue weighted by Gasteiger charge is 2.17. The molecule has 2 rings (SSSR count). The molecule has 0 aliphatic rings. The molecule has 0 saturated carbocycles. The Labute approximate surface area is 126 Å². The van der Waals surface area contributed by atoms with Crippen LogP contribution in [0, 0.1) is 0 Å². The average molecular weight is 340 g/mol. The maximum Gasteiger partial charge on any atom is 0.119 e. The molecule has 1 aromatic carbocycles. The number of ether oxygens (including phenoxy) is 1. The van der Waals surface area contributed by atoms with Gasteiger partial charge in [0.1, 0.15) is 5.75 Å². The number of benzene rings is 1. The Balaban J connectivity index is 2.34. The molecule has 102 valence electrons. The highest BCUT2D eigenvalue weighted by molar-refractivity contribution is 9.10. The van der Waals surface area contributed by atoms with Crippen molar-refractivity contribution >= 4 is 27.3 Å². The summed E-state index contributed by atoms with van der Waals surface area (Å²) in [4.78, 5) is 1.31. The van der Waals surface area contributed by atoms with Crippen molar-refractivity contribution < 1.29 is 4.74 Å². The molecule has 0 spiro atoms. The van der Waals surface area contributed by atoms with Gasteiger partial charge in [-0.05, 0) is 58.0 Å². The van der Waals surface area contributed by atoms with Crippen molar-refractivity contribution in [3.8, 4) is 5.75 Å². The summed E-state index contributed by atoms with van der Waals surface area (Å²) in [5, 5.41) is 5.72. The fourth-order valence-electron chi connectivity index (χ4n) is 1.98. The van der Waals surface area contributed by atoms with Gasteiger partial charge in [0, 0.05) is 9.35 Å². The molecule has 19 heavy (non-hydrogen) atoms. The monoisotopic (exact) mass is 339 g/mol. The van der Waals surface area contributed by atoms with E-state index in [9.17, 15) is 0 Å². The van der Waals surface area contributed by atoms with Gasteiger partial charge in [-0.2, -0.15) is 0 Å². The number of nitrogens with one attached hydrogen (secondary N) is 1. The first-order chi connectivity index (χ1) is 9.26. The van der Waals surface area contributed by atoms with E-state index in [0.717, 1.165) is 23.2 Å². The third kappa shape index (κ3) is 3.59. The molecule has 2 nitrogen and oxygen atoms in total. The van der Waals surface area contributed by atoms with Crippen LogP contribution in [0.15, 0.2) is 40.2 Å². The topological polar surface area (TPSA) is 21.3 Å². The average Bonchev–Trinajstić information content (AvgIpc) is 2.86. The van der Waals surface area contributed by atoms with E-state index in [0.29, 0.717) is 0 Å². The van der Waals surface area contributed by atoms with Gasteiger partial charge in [0.25, 0.3) is 0 Å². The summed E-state index contributed by atoms with van der Waals surface area (Å²) < 4.78 is 6.48. The number of hydrogen-bond donors (Lipinski definition) is 1. The van der Waals surface area contributed by atoms with Gasteiger partial charge in [-0.25, -0.2) is 0 Å². The van der Waals surface area contributed by atoms with Crippen molar-refractivity contribution in [3.63, 3.8) is 0 Å². The molecule has 1 aromatic heterocycles. The number of methoxy groups -OCH3 is 1. The van der Waals surface area contributed by atoms with Crippen molar-refractivity contribution in [2.24, 2.45) is 0 Å². The summed E-state index contributed by atoms with van der Waals surface area (Å²) in [5.74, 6) is 0.897. The molecule has 4 heteroatoms. The van der Waals surface area contributed by atoms with E-state index < -0.39 is 0 Å². The van der Waals surface area contributed by atoms with Crippen molar-refractivity contribution in [1.82, 2.24) is 5.32 Å². The Bertz CT molecular complexity index is 526. The third-order valence-electron chi connectivity index (χ3n) is 2.93. The first kappa shape index (κ1) is 14.6. The molecule has 1 N–H and O–H groups in total. The fourth-order valence-corrected chi connectivity index (χ4v) is 3.69. The second-order valence-electron chi connectivity index (χ2n) is 4.30. The Morgan fingerprint density at radius 3 is 2.84 bits per heavy atom. The normalized spacial score (nSPS) is 12.4. The molecular formula is C15H18BrNOS. The summed E-state index contributed by atoms with van der Waals surface area (Å²) in [6, 6.07) is 10.6. The lowest BCUT2D eigenvalue weighted by Crippen LogP contribution is -2.22. The molecule has 0 radical (unpaired) electrons. The molecule has 1 unspecified atom stereocenters. The minimum atomic E-state index is 0.212. The zero-order chi connectivity index (χ0) is 13.7. The highest BCUT2D eigenvalue weighted by atomic mass is 79.9. The zero-order valence-corrected chi connectivity index (χ0v) is 13.6. The number of rotatable bonds is 6. The molecule has 0 aliphatic carbocycles. The Kier molecular flexibility index (Phi) is 5.43. The van der Waals surface area contributed by atoms with Crippen LogP contribution in [-0.4, -0.2) is 13.7 Å². The van der Waals surface area contributed by atoms with Gasteiger partial charge in [-0.15, -0.1) is 11.3 Å². The quantitative estimate of drug-likeness (QED) is 0.829. The van der Waals surface area contributed by atoms with Crippen LogP contribution in [0.25, 0.3) is 0 Å². The molecule has 0 bridgehead atoms. The Hall–Kier alpha value is -0.840. The number of halogens is 1. The molecule has 1 heterocycles. The molecule has 0 saturated heterocycles. The van der Waals surface area contributed by atoms with E-state index in [1.54, 1.807) is 18.4 Å². The highest BCUT2D eigenvalue weighted by Crippen LogP contribution is 2.34. The summed E-state index contributed by atoms with van der Waals surface area (Å²) in [6.07, 6.45) is 1.11. The summed E-state index contributed by atoms with van der Waals surface area (Å²) in [6.45, 7) is 3.17. The van der Waals surface area contributed by atoms with Gasteiger partial charge in [-0.1, -0.05) is 19.1 Å². The van der Waals surface area contributed by atoms with Crippen molar-refractivity contribution in [3.05, 3.63) is 50.6 Å². The molecule has 0 amide bonds. The number of hydrogen-bond acceptors (Lipinski definition) is 3. The minimum absolute atomic E-state index is 0.212. The zero-order valence-electron chi connectivity index (χ0n) is 11.2. The molecule has 1 atom stereocenters. The van der Waals surface area contributed by atoms with E-state index in [1.807, 2.05) is 12.1 Å². The van der Waals surface area contributed by atoms with Crippen LogP contribution in [0.2, 0.25) is 0 Å². The standard InChI is InChI=1S/C15H18BrNOS/c1-3-8-17-14(15-13(16)7-9-19-15)11-5-4-6-12(10-11)18-2/h4-7,9-10,14,17H,3,8H2,1-2H3. The Morgan fingerprint density at radius 2 is 2.21 bits per heavy atom. The van der Waals surface area contributed by atoms with Gasteiger partial charge in [-0.3, -0.25) is 0 Å². The lowest BCUT2D eigenvalue weighted by Gasteiger charge is -2.19. The summed E-state index contributed by atoms with van der Waals surface area (Å²) in [5.41, 5.74) is 1.23. The molecule has 0 fully saturated rings. The molecule has 0 aliphatic heterocycles. The van der Waals surface area contributed by atoms with E-state index in [4.69, 9.17) is 4.74 Å². The number of thiophene rings is 1. The van der Waals surface area contributed by atoms with Crippen molar-refractivity contribution in [2.75, 3.05) is 13.7 Å². The van der Waals surface area contributed by atoms with Crippen LogP contribution in [0.1, 0.15) is 29.8 Å². The van der Waals surface area contributed by atoms with Gasteiger partial charge in [0.2, 0.25) is 0 Å². The van der Waals surface area contributed by atoms with Crippen molar-refractivity contribution in [1.29, 1.82) is 0 Å². The Morgan fingerprint density at radius 1 is 1.37 bits per heavy atom. The second kappa shape index (κ2) is 7.08. The minimum Gasteiger partial charge on any atom is -0.497 e. The maximum atomic E-state index is 5.32. The second-order valence-corrected chi connectivity index (χ2v) is 6.10. The summed E-state index contributed by atoms with van der Waals surface area (Å²) in [7, 11) is 1.70. The van der Waals surface area contributed by atoms with Gasteiger partial charge in [0.05, 0.1) is 13.2 Å². The van der Waals surface area contributed by atoms with Crippen LogP contribution in [0.3, 0.4) is 0 Å². The van der Waals surface area contributed by atoms with E-state index in [1.165, 1.54) is 10.4 Å². The largest absolute Gasteiger partial charge is 0.497 e. The first-order valence-corrected chi connectivity index (χ1v) is 8.03. The van der Waals surface area contributed by atoms with E-state index in [-0.39, 0.29) is 6.04 Å². The van der Waals surface area contributed by atoms with Crippen molar-refractivity contribution in [2.45, 2.75) is 19.4 Å². The van der Waals surface area contributed by atoms with Crippen LogP contribution >= 0.6 is 27.3 Å². The molecular weight excluding hydrogens is 322 g/mol. The SMILES string of the molecule is CCCNC(c1cccc(OC)c1)c1sccc1Br. The van der Waals surface area contributed by atoms with E-state index >= 15 is 0 Å². The fraction of sp³-hybridized carbons (Fsp3) is 0.333. The predicted octanol–water partition coefficient (Wildman–Crippen LogP) is 4.61.